The van der Waals surface area contributed by atoms with Gasteiger partial charge in [-0.2, -0.15) is 0 Å². The van der Waals surface area contributed by atoms with E-state index in [4.69, 9.17) is 37.6 Å². The first-order valence-corrected chi connectivity index (χ1v) is 12.3. The summed E-state index contributed by atoms with van der Waals surface area (Å²) in [5.74, 6) is -2.07. The van der Waals surface area contributed by atoms with E-state index in [2.05, 4.69) is 0 Å². The molecule has 4 fully saturated rings. The van der Waals surface area contributed by atoms with Crippen molar-refractivity contribution in [2.24, 2.45) is 0 Å². The molecule has 0 aromatic carbocycles. The van der Waals surface area contributed by atoms with Gasteiger partial charge in [-0.05, 0) is 41.5 Å². The van der Waals surface area contributed by atoms with Gasteiger partial charge in [-0.25, -0.2) is 0 Å². The lowest BCUT2D eigenvalue weighted by atomic mass is 10.1. The summed E-state index contributed by atoms with van der Waals surface area (Å²) >= 11 is 0. The van der Waals surface area contributed by atoms with Crippen molar-refractivity contribution in [3.63, 3.8) is 0 Å². The molecule has 0 aromatic heterocycles. The quantitative estimate of drug-likeness (QED) is 0.538. The van der Waals surface area contributed by atoms with Crippen molar-refractivity contribution in [3.8, 4) is 0 Å². The van der Waals surface area contributed by atoms with E-state index in [0.717, 1.165) is 0 Å². The van der Waals surface area contributed by atoms with E-state index in [9.17, 15) is 4.57 Å². The van der Waals surface area contributed by atoms with Gasteiger partial charge in [0.15, 0.2) is 17.8 Å². The summed E-state index contributed by atoms with van der Waals surface area (Å²) < 4.78 is 55.2. The van der Waals surface area contributed by atoms with Crippen LogP contribution in [0.15, 0.2) is 0 Å². The first kappa shape index (κ1) is 23.0. The van der Waals surface area contributed by atoms with Crippen LogP contribution in [0.3, 0.4) is 0 Å². The molecule has 0 spiro atoms. The van der Waals surface area contributed by atoms with Crippen LogP contribution >= 0.6 is 7.60 Å². The molecule has 0 aliphatic carbocycles. The van der Waals surface area contributed by atoms with Crippen molar-refractivity contribution in [2.45, 2.75) is 96.0 Å². The molecule has 4 aliphatic heterocycles. The van der Waals surface area contributed by atoms with Gasteiger partial charge in [0.25, 0.3) is 0 Å². The Balaban J connectivity index is 1.59. The second-order valence-electron chi connectivity index (χ2n) is 8.76. The van der Waals surface area contributed by atoms with Crippen LogP contribution in [0.2, 0.25) is 0 Å². The average molecular weight is 451 g/mol. The predicted octanol–water partition coefficient (Wildman–Crippen LogP) is 2.61. The average Bonchev–Trinajstić information content (AvgIpc) is 3.38. The summed E-state index contributed by atoms with van der Waals surface area (Å²) in [6, 6.07) is 0. The molecule has 0 saturated carbocycles. The standard InChI is InChI=1S/C19H34NO9P/c1-7-24-30(21,25-8-2)13-9-10-23-20(13)17-16-15(28-19(5,6)29-16)14(26-17)12-11-22-18(3,4)27-12/h12-17H,7-11H2,1-6H3/t12-,13-,14-,15+,16+,17+/m1/s1. The van der Waals surface area contributed by atoms with Crippen LogP contribution in [-0.4, -0.2) is 79.5 Å². The summed E-state index contributed by atoms with van der Waals surface area (Å²) in [5, 5.41) is 1.59. The summed E-state index contributed by atoms with van der Waals surface area (Å²) in [6.07, 6.45) is -1.71. The van der Waals surface area contributed by atoms with Crippen molar-refractivity contribution >= 4 is 7.60 Å². The van der Waals surface area contributed by atoms with E-state index in [1.165, 1.54) is 0 Å². The lowest BCUT2D eigenvalue weighted by molar-refractivity contribution is -0.276. The van der Waals surface area contributed by atoms with E-state index in [-0.39, 0.29) is 25.4 Å². The Bertz CT molecular complexity index is 664. The number of hydroxylamine groups is 2. The van der Waals surface area contributed by atoms with Gasteiger partial charge in [-0.3, -0.25) is 9.40 Å². The maximum atomic E-state index is 13.5. The Hall–Kier alpha value is -0.130. The second-order valence-corrected chi connectivity index (χ2v) is 11.0. The minimum absolute atomic E-state index is 0.275. The molecule has 0 radical (unpaired) electrons. The number of hydrogen-bond acceptors (Lipinski definition) is 10. The third kappa shape index (κ3) is 4.24. The minimum atomic E-state index is -3.44. The van der Waals surface area contributed by atoms with Crippen LogP contribution in [-0.2, 0) is 42.1 Å². The van der Waals surface area contributed by atoms with Gasteiger partial charge < -0.3 is 32.7 Å². The Morgan fingerprint density at radius 3 is 2.23 bits per heavy atom. The topological polar surface area (TPSA) is 94.2 Å². The lowest BCUT2D eigenvalue weighted by Crippen LogP contribution is -2.46. The summed E-state index contributed by atoms with van der Waals surface area (Å²) in [7, 11) is -3.44. The molecule has 11 heteroatoms. The Labute approximate surface area is 177 Å². The summed E-state index contributed by atoms with van der Waals surface area (Å²) in [4.78, 5) is 5.89. The van der Waals surface area contributed by atoms with Crippen LogP contribution in [0.25, 0.3) is 0 Å². The highest BCUT2D eigenvalue weighted by atomic mass is 31.2. The molecule has 10 nitrogen and oxygen atoms in total. The van der Waals surface area contributed by atoms with Crippen molar-refractivity contribution < 1.29 is 42.1 Å². The zero-order valence-corrected chi connectivity index (χ0v) is 19.5. The molecule has 0 bridgehead atoms. The summed E-state index contributed by atoms with van der Waals surface area (Å²) in [6.45, 7) is 12.4. The van der Waals surface area contributed by atoms with Gasteiger partial charge in [0.1, 0.15) is 30.2 Å². The highest BCUT2D eigenvalue weighted by molar-refractivity contribution is 7.54. The molecular formula is C19H34NO9P. The Morgan fingerprint density at radius 1 is 0.967 bits per heavy atom. The van der Waals surface area contributed by atoms with Crippen LogP contribution < -0.4 is 0 Å². The fourth-order valence-electron chi connectivity index (χ4n) is 4.58. The van der Waals surface area contributed by atoms with Crippen LogP contribution in [0.1, 0.15) is 48.0 Å². The van der Waals surface area contributed by atoms with E-state index >= 15 is 0 Å². The maximum Gasteiger partial charge on any atom is 0.350 e. The monoisotopic (exact) mass is 451 g/mol. The van der Waals surface area contributed by atoms with Gasteiger partial charge in [0, 0.05) is 6.42 Å². The van der Waals surface area contributed by atoms with E-state index in [1.807, 2.05) is 27.7 Å². The highest BCUT2D eigenvalue weighted by Crippen LogP contribution is 2.58. The number of nitrogens with zero attached hydrogens (tertiary/aromatic N) is 1. The molecule has 174 valence electrons. The molecule has 0 amide bonds. The molecule has 4 saturated heterocycles. The zero-order valence-electron chi connectivity index (χ0n) is 18.6. The van der Waals surface area contributed by atoms with E-state index in [0.29, 0.717) is 19.6 Å². The van der Waals surface area contributed by atoms with Gasteiger partial charge in [-0.15, -0.1) is 5.06 Å². The Morgan fingerprint density at radius 2 is 1.63 bits per heavy atom. The normalized spacial score (nSPS) is 40.9. The second kappa shape index (κ2) is 8.33. The smallest absolute Gasteiger partial charge is 0.349 e. The van der Waals surface area contributed by atoms with Crippen molar-refractivity contribution in [3.05, 3.63) is 0 Å². The third-order valence-corrected chi connectivity index (χ3v) is 8.06. The maximum absolute atomic E-state index is 13.5. The molecule has 4 aliphatic rings. The van der Waals surface area contributed by atoms with Crippen molar-refractivity contribution in [1.82, 2.24) is 5.06 Å². The third-order valence-electron chi connectivity index (χ3n) is 5.61. The van der Waals surface area contributed by atoms with Crippen molar-refractivity contribution in [1.29, 1.82) is 0 Å². The van der Waals surface area contributed by atoms with Crippen molar-refractivity contribution in [2.75, 3.05) is 26.4 Å². The molecule has 4 rings (SSSR count). The molecule has 0 N–H and O–H groups in total. The molecule has 0 unspecified atom stereocenters. The zero-order chi connectivity index (χ0) is 21.7. The number of hydrogen-bond donors (Lipinski definition) is 0. The number of ether oxygens (including phenoxy) is 5. The molecule has 30 heavy (non-hydrogen) atoms. The van der Waals surface area contributed by atoms with Gasteiger partial charge in [-0.1, -0.05) is 0 Å². The predicted molar refractivity (Wildman–Crippen MR) is 104 cm³/mol. The van der Waals surface area contributed by atoms with Crippen LogP contribution in [0, 0.1) is 0 Å². The fraction of sp³-hybridized carbons (Fsp3) is 1.00. The lowest BCUT2D eigenvalue weighted by Gasteiger charge is -2.34. The first-order valence-electron chi connectivity index (χ1n) is 10.7. The van der Waals surface area contributed by atoms with Gasteiger partial charge in [0.2, 0.25) is 0 Å². The highest BCUT2D eigenvalue weighted by Gasteiger charge is 2.63. The molecule has 0 aromatic rings. The number of rotatable bonds is 7. The first-order chi connectivity index (χ1) is 14.1. The van der Waals surface area contributed by atoms with E-state index in [1.54, 1.807) is 18.9 Å². The largest absolute Gasteiger partial charge is 0.350 e. The van der Waals surface area contributed by atoms with Crippen LogP contribution in [0.5, 0.6) is 0 Å². The molecule has 4 heterocycles. The van der Waals surface area contributed by atoms with Gasteiger partial charge in [0.05, 0.1) is 26.4 Å². The SMILES string of the molecule is CCOP(=O)(OCC)[C@@H]1CCON1[C@H]1O[C@H]([C@H]2COC(C)(C)O2)[C@@H]2OC(C)(C)O[C@@H]21. The molecular weight excluding hydrogens is 417 g/mol. The van der Waals surface area contributed by atoms with E-state index < -0.39 is 43.4 Å². The fourth-order valence-corrected chi connectivity index (χ4v) is 6.61. The van der Waals surface area contributed by atoms with Gasteiger partial charge >= 0.3 is 7.60 Å². The molecule has 6 atom stereocenters. The van der Waals surface area contributed by atoms with Crippen LogP contribution in [0.4, 0.5) is 0 Å². The summed E-state index contributed by atoms with van der Waals surface area (Å²) in [5.41, 5.74) is 0. The minimum Gasteiger partial charge on any atom is -0.349 e. The number of fused-ring (bicyclic) bond motifs is 1. The Kier molecular flexibility index (Phi) is 6.40.